The summed E-state index contributed by atoms with van der Waals surface area (Å²) in [5, 5.41) is 50.2. The molecule has 6 atom stereocenters. The molecule has 1 rings (SSSR count). The smallest absolute Gasteiger partial charge is 0.457 e. The van der Waals surface area contributed by atoms with E-state index in [0.29, 0.717) is 13.0 Å². The maximum Gasteiger partial charge on any atom is 0.472 e. The van der Waals surface area contributed by atoms with Crippen LogP contribution in [0.4, 0.5) is 0 Å². The van der Waals surface area contributed by atoms with Crippen molar-refractivity contribution < 1.29 is 58.3 Å². The van der Waals surface area contributed by atoms with E-state index in [2.05, 4.69) is 50.3 Å². The van der Waals surface area contributed by atoms with E-state index < -0.39 is 63.1 Å². The molecule has 0 aromatic carbocycles. The SMILES string of the molecule is CCCCC/C=C\C/C=C\CCCCCCCCCC(=O)OC(COCCCCCCCCCC/C=C\CCCCCCCC)COP(=O)(O)OC1C(O)C(O)C(O)C(O)C1O. The Kier molecular flexibility index (Phi) is 37.7. The highest BCUT2D eigenvalue weighted by Gasteiger charge is 2.51. The average molecular weight is 903 g/mol. The van der Waals surface area contributed by atoms with Crippen LogP contribution < -0.4 is 0 Å². The van der Waals surface area contributed by atoms with Crippen molar-refractivity contribution in [1.82, 2.24) is 0 Å². The van der Waals surface area contributed by atoms with E-state index in [9.17, 15) is 39.8 Å². The molecule has 6 unspecified atom stereocenters. The molecule has 13 heteroatoms. The Morgan fingerprint density at radius 2 is 0.903 bits per heavy atom. The number of carbonyl (C=O) groups excluding carboxylic acids is 1. The van der Waals surface area contributed by atoms with Gasteiger partial charge in [-0.3, -0.25) is 13.8 Å². The fourth-order valence-electron chi connectivity index (χ4n) is 7.50. The largest absolute Gasteiger partial charge is 0.472 e. The van der Waals surface area contributed by atoms with Crippen LogP contribution in [0.5, 0.6) is 0 Å². The normalized spacial score (nSPS) is 22.3. The minimum absolute atomic E-state index is 0.0810. The van der Waals surface area contributed by atoms with Gasteiger partial charge in [0.25, 0.3) is 0 Å². The highest BCUT2D eigenvalue weighted by molar-refractivity contribution is 7.47. The summed E-state index contributed by atoms with van der Waals surface area (Å²) >= 11 is 0. The summed E-state index contributed by atoms with van der Waals surface area (Å²) < 4.78 is 34.2. The molecule has 364 valence electrons. The van der Waals surface area contributed by atoms with Gasteiger partial charge in [0.05, 0.1) is 13.2 Å². The van der Waals surface area contributed by atoms with Crippen LogP contribution in [0.2, 0.25) is 0 Å². The van der Waals surface area contributed by atoms with Gasteiger partial charge < -0.3 is 39.9 Å². The molecule has 6 N–H and O–H groups in total. The monoisotopic (exact) mass is 903 g/mol. The van der Waals surface area contributed by atoms with E-state index in [1.165, 1.54) is 122 Å². The van der Waals surface area contributed by atoms with Crippen LogP contribution in [0.15, 0.2) is 36.5 Å². The lowest BCUT2D eigenvalue weighted by Gasteiger charge is -2.41. The molecule has 12 nitrogen and oxygen atoms in total. The summed E-state index contributed by atoms with van der Waals surface area (Å²) in [7, 11) is -5.02. The van der Waals surface area contributed by atoms with Crippen LogP contribution in [0, 0.1) is 0 Å². The lowest BCUT2D eigenvalue weighted by Crippen LogP contribution is -2.64. The number of phosphoric acid groups is 1. The maximum absolute atomic E-state index is 12.8. The number of ether oxygens (including phenoxy) is 2. The van der Waals surface area contributed by atoms with E-state index in [-0.39, 0.29) is 13.0 Å². The molecule has 1 fully saturated rings. The Morgan fingerprint density at radius 3 is 1.40 bits per heavy atom. The van der Waals surface area contributed by atoms with Crippen molar-refractivity contribution in [3.05, 3.63) is 36.5 Å². The van der Waals surface area contributed by atoms with Crippen LogP contribution >= 0.6 is 7.82 Å². The third kappa shape index (κ3) is 31.4. The van der Waals surface area contributed by atoms with Crippen molar-refractivity contribution >= 4 is 13.8 Å². The van der Waals surface area contributed by atoms with Gasteiger partial charge >= 0.3 is 13.8 Å². The molecule has 1 saturated carbocycles. The number of hydrogen-bond acceptors (Lipinski definition) is 11. The third-order valence-electron chi connectivity index (χ3n) is 11.5. The van der Waals surface area contributed by atoms with Crippen molar-refractivity contribution in [2.45, 2.75) is 249 Å². The first-order valence-electron chi connectivity index (χ1n) is 24.8. The second-order valence-corrected chi connectivity index (χ2v) is 18.7. The molecule has 1 aliphatic rings. The van der Waals surface area contributed by atoms with Crippen molar-refractivity contribution in [2.75, 3.05) is 19.8 Å². The van der Waals surface area contributed by atoms with Gasteiger partial charge in [-0.25, -0.2) is 4.57 Å². The van der Waals surface area contributed by atoms with Gasteiger partial charge in [-0.05, 0) is 70.6 Å². The highest BCUT2D eigenvalue weighted by atomic mass is 31.2. The molecule has 0 aromatic rings. The first-order valence-corrected chi connectivity index (χ1v) is 26.3. The molecule has 0 spiro atoms. The summed E-state index contributed by atoms with van der Waals surface area (Å²) in [6.07, 6.45) is 34.9. The van der Waals surface area contributed by atoms with E-state index in [1.807, 2.05) is 0 Å². The van der Waals surface area contributed by atoms with Gasteiger partial charge in [0.15, 0.2) is 0 Å². The summed E-state index contributed by atoms with van der Waals surface area (Å²) in [5.41, 5.74) is 0. The number of aliphatic hydroxyl groups excluding tert-OH is 5. The van der Waals surface area contributed by atoms with Crippen LogP contribution in [0.3, 0.4) is 0 Å². The van der Waals surface area contributed by atoms with E-state index in [1.54, 1.807) is 0 Å². The van der Waals surface area contributed by atoms with Crippen molar-refractivity contribution in [1.29, 1.82) is 0 Å². The minimum Gasteiger partial charge on any atom is -0.457 e. The van der Waals surface area contributed by atoms with Crippen LogP contribution in [0.25, 0.3) is 0 Å². The number of allylic oxidation sites excluding steroid dienone is 6. The molecule has 1 aliphatic carbocycles. The van der Waals surface area contributed by atoms with Gasteiger partial charge in [0, 0.05) is 13.0 Å². The second kappa shape index (κ2) is 39.9. The van der Waals surface area contributed by atoms with Crippen LogP contribution in [-0.2, 0) is 27.9 Å². The quantitative estimate of drug-likeness (QED) is 0.0147. The van der Waals surface area contributed by atoms with Gasteiger partial charge in [-0.2, -0.15) is 0 Å². The molecule has 0 saturated heterocycles. The van der Waals surface area contributed by atoms with Crippen LogP contribution in [0.1, 0.15) is 206 Å². The second-order valence-electron chi connectivity index (χ2n) is 17.3. The lowest BCUT2D eigenvalue weighted by molar-refractivity contribution is -0.220. The number of hydrogen-bond donors (Lipinski definition) is 6. The minimum atomic E-state index is -5.02. The molecule has 0 aromatic heterocycles. The maximum atomic E-state index is 12.8. The summed E-state index contributed by atoms with van der Waals surface area (Å²) in [6, 6.07) is 0. The van der Waals surface area contributed by atoms with Gasteiger partial charge in [0.2, 0.25) is 0 Å². The first-order chi connectivity index (χ1) is 30.0. The molecular weight excluding hydrogens is 812 g/mol. The third-order valence-corrected chi connectivity index (χ3v) is 12.5. The molecule has 0 aliphatic heterocycles. The zero-order valence-electron chi connectivity index (χ0n) is 38.9. The zero-order chi connectivity index (χ0) is 45.5. The molecular formula is C49H91O12P. The van der Waals surface area contributed by atoms with E-state index in [4.69, 9.17) is 18.5 Å². The Bertz CT molecular complexity index is 1170. The van der Waals surface area contributed by atoms with Gasteiger partial charge in [-0.15, -0.1) is 0 Å². The van der Waals surface area contributed by atoms with Crippen LogP contribution in [-0.4, -0.2) is 98.9 Å². The number of rotatable bonds is 42. The number of esters is 1. The Hall–Kier alpha value is -1.44. The molecule has 0 radical (unpaired) electrons. The number of phosphoric ester groups is 1. The molecule has 62 heavy (non-hydrogen) atoms. The number of unbranched alkanes of at least 4 members (excludes halogenated alkanes) is 24. The van der Waals surface area contributed by atoms with Gasteiger partial charge in [0.1, 0.15) is 42.7 Å². The molecule has 0 bridgehead atoms. The molecule has 0 heterocycles. The summed E-state index contributed by atoms with van der Waals surface area (Å²) in [6.45, 7) is 4.23. The van der Waals surface area contributed by atoms with Gasteiger partial charge in [-0.1, -0.05) is 166 Å². The Labute approximate surface area is 376 Å². The Morgan fingerprint density at radius 1 is 0.516 bits per heavy atom. The average Bonchev–Trinajstić information content (AvgIpc) is 3.26. The Balaban J connectivity index is 2.37. The number of carbonyl (C=O) groups is 1. The topological polar surface area (TPSA) is 192 Å². The fourth-order valence-corrected chi connectivity index (χ4v) is 8.47. The fraction of sp³-hybridized carbons (Fsp3) is 0.857. The highest BCUT2D eigenvalue weighted by Crippen LogP contribution is 2.47. The predicted octanol–water partition coefficient (Wildman–Crippen LogP) is 10.6. The standard InChI is InChI=1S/C49H91O12P/c1-3-5-7-9-11-13-15-17-19-21-23-25-27-29-31-33-35-37-39-58-40-42(41-59-62(56,57)61-49-47(54)45(52)44(51)46(53)48(49)55)60-43(50)38-36-34-32-30-28-26-24-22-20-18-16-14-12-10-8-6-4-2/h12,14,17-20,42,44-49,51-55H,3-11,13,15-16,21-41H2,1-2H3,(H,56,57)/b14-12-,19-17-,20-18-. The predicted molar refractivity (Wildman–Crippen MR) is 249 cm³/mol. The zero-order valence-corrected chi connectivity index (χ0v) is 39.8. The van der Waals surface area contributed by atoms with Crippen molar-refractivity contribution in [2.24, 2.45) is 0 Å². The number of aliphatic hydroxyl groups is 5. The van der Waals surface area contributed by atoms with Crippen molar-refractivity contribution in [3.8, 4) is 0 Å². The van der Waals surface area contributed by atoms with Crippen molar-refractivity contribution in [3.63, 3.8) is 0 Å². The molecule has 0 amide bonds. The van der Waals surface area contributed by atoms with E-state index >= 15 is 0 Å². The first kappa shape index (κ1) is 58.6. The van der Waals surface area contributed by atoms with E-state index in [0.717, 1.165) is 57.8 Å². The lowest BCUT2D eigenvalue weighted by atomic mass is 9.85. The summed E-state index contributed by atoms with van der Waals surface area (Å²) in [4.78, 5) is 23.2. The summed E-state index contributed by atoms with van der Waals surface area (Å²) in [5.74, 6) is -0.485.